The molecule has 0 bridgehead atoms. The van der Waals surface area contributed by atoms with Crippen LogP contribution in [0, 0.1) is 13.8 Å². The van der Waals surface area contributed by atoms with Gasteiger partial charge in [-0.2, -0.15) is 0 Å². The van der Waals surface area contributed by atoms with Crippen molar-refractivity contribution < 1.29 is 0 Å². The SMILES string of the molecule is Cc1ccc(N(c2ccc(C)cc2)c2ccc(CC(C)c3cccs3)cc2)cc1. The van der Waals surface area contributed by atoms with Gasteiger partial charge in [-0.05, 0) is 79.6 Å². The van der Waals surface area contributed by atoms with Gasteiger partial charge in [0.2, 0.25) is 0 Å². The van der Waals surface area contributed by atoms with Crippen molar-refractivity contribution in [2.75, 3.05) is 4.90 Å². The van der Waals surface area contributed by atoms with Gasteiger partial charge in [-0.1, -0.05) is 60.5 Å². The van der Waals surface area contributed by atoms with Crippen LogP contribution in [0.5, 0.6) is 0 Å². The Morgan fingerprint density at radius 1 is 0.690 bits per heavy atom. The molecular formula is C27H27NS. The summed E-state index contributed by atoms with van der Waals surface area (Å²) in [6.07, 6.45) is 1.07. The summed E-state index contributed by atoms with van der Waals surface area (Å²) in [7, 11) is 0. The Labute approximate surface area is 178 Å². The third-order valence-corrected chi connectivity index (χ3v) is 6.45. The molecule has 0 aliphatic heterocycles. The molecule has 0 fully saturated rings. The molecule has 1 nitrogen and oxygen atoms in total. The number of thiophene rings is 1. The Balaban J connectivity index is 1.63. The van der Waals surface area contributed by atoms with Gasteiger partial charge in [-0.15, -0.1) is 11.3 Å². The zero-order valence-corrected chi connectivity index (χ0v) is 18.1. The minimum atomic E-state index is 0.547. The van der Waals surface area contributed by atoms with E-state index in [2.05, 4.69) is 116 Å². The van der Waals surface area contributed by atoms with Crippen LogP contribution < -0.4 is 4.90 Å². The Bertz CT molecular complexity index is 984. The number of anilines is 3. The van der Waals surface area contributed by atoms with Gasteiger partial charge < -0.3 is 4.90 Å². The summed E-state index contributed by atoms with van der Waals surface area (Å²) in [6, 6.07) is 30.9. The molecule has 1 heterocycles. The molecule has 1 aromatic heterocycles. The number of hydrogen-bond donors (Lipinski definition) is 0. The molecule has 146 valence electrons. The van der Waals surface area contributed by atoms with Crippen LogP contribution in [0.25, 0.3) is 0 Å². The highest BCUT2D eigenvalue weighted by Gasteiger charge is 2.13. The van der Waals surface area contributed by atoms with Crippen molar-refractivity contribution in [2.45, 2.75) is 33.1 Å². The summed E-state index contributed by atoms with van der Waals surface area (Å²) < 4.78 is 0. The van der Waals surface area contributed by atoms with Gasteiger partial charge in [0, 0.05) is 21.9 Å². The zero-order chi connectivity index (χ0) is 20.2. The fourth-order valence-electron chi connectivity index (χ4n) is 3.64. The number of hydrogen-bond acceptors (Lipinski definition) is 2. The van der Waals surface area contributed by atoms with E-state index in [0.29, 0.717) is 5.92 Å². The van der Waals surface area contributed by atoms with Crippen molar-refractivity contribution in [3.63, 3.8) is 0 Å². The van der Waals surface area contributed by atoms with Gasteiger partial charge in [-0.25, -0.2) is 0 Å². The average Bonchev–Trinajstić information content (AvgIpc) is 3.27. The van der Waals surface area contributed by atoms with Crippen LogP contribution in [0.4, 0.5) is 17.1 Å². The van der Waals surface area contributed by atoms with Crippen molar-refractivity contribution in [3.8, 4) is 0 Å². The monoisotopic (exact) mass is 397 g/mol. The topological polar surface area (TPSA) is 3.24 Å². The molecular weight excluding hydrogens is 370 g/mol. The summed E-state index contributed by atoms with van der Waals surface area (Å²) in [5.41, 5.74) is 7.47. The maximum atomic E-state index is 2.32. The largest absolute Gasteiger partial charge is 0.311 e. The molecule has 2 heteroatoms. The quantitative estimate of drug-likeness (QED) is 0.317. The highest BCUT2D eigenvalue weighted by Crippen LogP contribution is 2.35. The minimum Gasteiger partial charge on any atom is -0.311 e. The van der Waals surface area contributed by atoms with E-state index in [4.69, 9.17) is 0 Å². The number of rotatable bonds is 6. The number of aryl methyl sites for hydroxylation is 2. The van der Waals surface area contributed by atoms with Crippen molar-refractivity contribution in [1.82, 2.24) is 0 Å². The van der Waals surface area contributed by atoms with Gasteiger partial charge in [-0.3, -0.25) is 0 Å². The maximum absolute atomic E-state index is 2.32. The Morgan fingerprint density at radius 3 is 1.62 bits per heavy atom. The second-order valence-corrected chi connectivity index (χ2v) is 8.77. The molecule has 29 heavy (non-hydrogen) atoms. The summed E-state index contributed by atoms with van der Waals surface area (Å²) in [6.45, 7) is 6.57. The van der Waals surface area contributed by atoms with E-state index in [1.807, 2.05) is 11.3 Å². The first-order valence-electron chi connectivity index (χ1n) is 10.2. The van der Waals surface area contributed by atoms with E-state index < -0.39 is 0 Å². The van der Waals surface area contributed by atoms with Gasteiger partial charge >= 0.3 is 0 Å². The molecule has 1 unspecified atom stereocenters. The van der Waals surface area contributed by atoms with E-state index in [9.17, 15) is 0 Å². The molecule has 0 saturated carbocycles. The van der Waals surface area contributed by atoms with Crippen LogP contribution in [-0.4, -0.2) is 0 Å². The molecule has 1 atom stereocenters. The summed E-state index contributed by atoms with van der Waals surface area (Å²) in [5.74, 6) is 0.547. The van der Waals surface area contributed by atoms with E-state index in [-0.39, 0.29) is 0 Å². The van der Waals surface area contributed by atoms with Gasteiger partial charge in [0.15, 0.2) is 0 Å². The minimum absolute atomic E-state index is 0.547. The van der Waals surface area contributed by atoms with Gasteiger partial charge in [0.05, 0.1) is 0 Å². The molecule has 3 aromatic carbocycles. The third kappa shape index (κ3) is 4.60. The summed E-state index contributed by atoms with van der Waals surface area (Å²) in [5, 5.41) is 2.16. The second-order valence-electron chi connectivity index (χ2n) is 7.79. The predicted molar refractivity (Wildman–Crippen MR) is 127 cm³/mol. The highest BCUT2D eigenvalue weighted by atomic mass is 32.1. The van der Waals surface area contributed by atoms with E-state index in [1.165, 1.54) is 38.6 Å². The standard InChI is InChI=1S/C27H27NS/c1-20-6-12-24(13-7-20)28(25-14-8-21(2)9-15-25)26-16-10-23(11-17-26)19-22(3)27-5-4-18-29-27/h4-18,22H,19H2,1-3H3. The van der Waals surface area contributed by atoms with Crippen LogP contribution in [0.3, 0.4) is 0 Å². The lowest BCUT2D eigenvalue weighted by Crippen LogP contribution is -2.10. The smallest absolute Gasteiger partial charge is 0.0461 e. The fraction of sp³-hybridized carbons (Fsp3) is 0.185. The van der Waals surface area contributed by atoms with Gasteiger partial charge in [0.25, 0.3) is 0 Å². The Morgan fingerprint density at radius 2 is 1.17 bits per heavy atom. The van der Waals surface area contributed by atoms with E-state index in [1.54, 1.807) is 0 Å². The number of nitrogens with zero attached hydrogens (tertiary/aromatic N) is 1. The molecule has 0 aliphatic rings. The normalized spacial score (nSPS) is 12.0. The highest BCUT2D eigenvalue weighted by molar-refractivity contribution is 7.10. The third-order valence-electron chi connectivity index (χ3n) is 5.35. The second kappa shape index (κ2) is 8.67. The van der Waals surface area contributed by atoms with Crippen molar-refractivity contribution >= 4 is 28.4 Å². The maximum Gasteiger partial charge on any atom is 0.0461 e. The van der Waals surface area contributed by atoms with Crippen molar-refractivity contribution in [3.05, 3.63) is 112 Å². The summed E-state index contributed by atoms with van der Waals surface area (Å²) in [4.78, 5) is 3.78. The summed E-state index contributed by atoms with van der Waals surface area (Å²) >= 11 is 1.85. The van der Waals surface area contributed by atoms with Crippen LogP contribution in [0.1, 0.15) is 34.4 Å². The molecule has 0 radical (unpaired) electrons. The number of benzene rings is 3. The lowest BCUT2D eigenvalue weighted by molar-refractivity contribution is 0.775. The van der Waals surface area contributed by atoms with Crippen LogP contribution >= 0.6 is 11.3 Å². The molecule has 4 rings (SSSR count). The van der Waals surface area contributed by atoms with Crippen LogP contribution in [0.15, 0.2) is 90.3 Å². The van der Waals surface area contributed by atoms with Gasteiger partial charge in [0.1, 0.15) is 0 Å². The Hall–Kier alpha value is -2.84. The predicted octanol–water partition coefficient (Wildman–Crippen LogP) is 8.18. The molecule has 0 saturated heterocycles. The fourth-order valence-corrected chi connectivity index (χ4v) is 4.43. The molecule has 0 N–H and O–H groups in total. The molecule has 0 amide bonds. The lowest BCUT2D eigenvalue weighted by Gasteiger charge is -2.26. The zero-order valence-electron chi connectivity index (χ0n) is 17.3. The van der Waals surface area contributed by atoms with Crippen LogP contribution in [0.2, 0.25) is 0 Å². The Kier molecular flexibility index (Phi) is 5.82. The average molecular weight is 398 g/mol. The van der Waals surface area contributed by atoms with E-state index >= 15 is 0 Å². The first kappa shape index (κ1) is 19.5. The molecule has 4 aromatic rings. The molecule has 0 spiro atoms. The molecule has 0 aliphatic carbocycles. The lowest BCUT2D eigenvalue weighted by atomic mass is 9.99. The van der Waals surface area contributed by atoms with Crippen LogP contribution in [-0.2, 0) is 6.42 Å². The first-order valence-corrected chi connectivity index (χ1v) is 11.0. The van der Waals surface area contributed by atoms with E-state index in [0.717, 1.165) is 6.42 Å². The van der Waals surface area contributed by atoms with Crippen molar-refractivity contribution in [2.24, 2.45) is 0 Å². The van der Waals surface area contributed by atoms with Crippen molar-refractivity contribution in [1.29, 1.82) is 0 Å². The first-order chi connectivity index (χ1) is 14.1.